The number of fused-ring (bicyclic) bond motifs is 28. The first-order valence-electron chi connectivity index (χ1n) is 30.5. The molecule has 8 aliphatic rings. The van der Waals surface area contributed by atoms with Crippen LogP contribution in [0.4, 0.5) is 23.3 Å². The van der Waals surface area contributed by atoms with E-state index in [1.807, 2.05) is 170 Å². The van der Waals surface area contributed by atoms with Gasteiger partial charge in [-0.2, -0.15) is 0 Å². The highest BCUT2D eigenvalue weighted by Crippen LogP contribution is 2.44. The summed E-state index contributed by atoms with van der Waals surface area (Å²) in [5.74, 6) is 6.48. The first-order valence-corrected chi connectivity index (χ1v) is 38.3. The SMILES string of the molecule is C=C[Si](C)([O][Al]1[n]2c3c4ccccc4c2N=C2N=C(N=c4c5ccccc5c([n]41)=NC1=NC(=N3)c3ccccc31)c1ccccc12)O[Si](C)(C=C)[O][Al]1[n]2c3c4ccccc4c2N=C2N=C(N=c4c5ccccc5c([n]41)=NC1=NC(=N3)c3ccccc31)c1ccccc12. The minimum atomic E-state index is -3.95. The molecule has 0 radical (unpaired) electrons. The van der Waals surface area contributed by atoms with E-state index in [1.54, 1.807) is 0 Å². The molecule has 0 aliphatic carbocycles. The van der Waals surface area contributed by atoms with Gasteiger partial charge in [0.15, 0.2) is 46.7 Å². The first-order chi connectivity index (χ1) is 45.7. The maximum absolute atomic E-state index is 8.25. The Kier molecular flexibility index (Phi) is 11.1. The van der Waals surface area contributed by atoms with Crippen molar-refractivity contribution in [2.75, 3.05) is 0 Å². The zero-order chi connectivity index (χ0) is 61.6. The molecule has 19 nitrogen and oxygen atoms in total. The topological polar surface area (TPSA) is 196 Å². The molecule has 12 heterocycles. The first kappa shape index (κ1) is 53.0. The second kappa shape index (κ2) is 19.4. The fraction of sp³-hybridized carbons (Fsp3) is 0.0286. The molecule has 0 amide bonds. The quantitative estimate of drug-likeness (QED) is 0.137. The van der Waals surface area contributed by atoms with Crippen molar-refractivity contribution in [3.8, 4) is 0 Å². The number of hydrogen-bond donors (Lipinski definition) is 0. The molecule has 0 spiro atoms. The van der Waals surface area contributed by atoms with E-state index in [1.165, 1.54) is 0 Å². The summed E-state index contributed by atoms with van der Waals surface area (Å²) in [6.45, 7) is 13.3. The smallest absolute Gasteiger partial charge is 0.486 e. The predicted octanol–water partition coefficient (Wildman–Crippen LogP) is 10.5. The van der Waals surface area contributed by atoms with Crippen LogP contribution in [-0.2, 0) is 11.1 Å². The zero-order valence-electron chi connectivity index (χ0n) is 49.6. The van der Waals surface area contributed by atoms with Gasteiger partial charge in [0.2, 0.25) is 0 Å². The lowest BCUT2D eigenvalue weighted by Gasteiger charge is -2.37. The molecule has 8 aromatic carbocycles. The minimum absolute atomic E-state index is 0.512. The van der Waals surface area contributed by atoms with E-state index in [0.29, 0.717) is 91.9 Å². The predicted molar refractivity (Wildman–Crippen MR) is 369 cm³/mol. The average Bonchev–Trinajstić information content (AvgIpc) is 1.65. The van der Waals surface area contributed by atoms with Crippen molar-refractivity contribution >= 4 is 160 Å². The van der Waals surface area contributed by atoms with Gasteiger partial charge in [-0.15, -0.1) is 13.2 Å². The van der Waals surface area contributed by atoms with Crippen LogP contribution in [0, 0.1) is 0 Å². The Hall–Kier alpha value is -10.7. The van der Waals surface area contributed by atoms with E-state index in [2.05, 4.69) is 75.9 Å². The second-order valence-corrected chi connectivity index (χ2v) is 34.7. The van der Waals surface area contributed by atoms with E-state index in [9.17, 15) is 0 Å². The van der Waals surface area contributed by atoms with Crippen LogP contribution in [0.15, 0.2) is 279 Å². The van der Waals surface area contributed by atoms with Gasteiger partial charge in [0.1, 0.15) is 45.2 Å². The van der Waals surface area contributed by atoms with Crippen molar-refractivity contribution in [3.63, 3.8) is 0 Å². The van der Waals surface area contributed by atoms with Crippen LogP contribution < -0.4 is 22.0 Å². The number of hydrogen-bond acceptors (Lipinski definition) is 15. The van der Waals surface area contributed by atoms with Gasteiger partial charge < -0.3 is 25.3 Å². The summed E-state index contributed by atoms with van der Waals surface area (Å²) in [5, 5.41) is 6.72. The lowest BCUT2D eigenvalue weighted by Crippen LogP contribution is -2.61. The van der Waals surface area contributed by atoms with E-state index in [-0.39, 0.29) is 0 Å². The van der Waals surface area contributed by atoms with Crippen molar-refractivity contribution in [3.05, 3.63) is 285 Å². The zero-order valence-corrected chi connectivity index (χ0v) is 53.9. The average molecular weight is 1270 g/mol. The van der Waals surface area contributed by atoms with Gasteiger partial charge in [-0.3, -0.25) is 0 Å². The van der Waals surface area contributed by atoms with Crippen LogP contribution in [0.2, 0.25) is 13.1 Å². The molecule has 12 aromatic rings. The molecule has 23 heteroatoms. The van der Waals surface area contributed by atoms with Crippen molar-refractivity contribution in [2.45, 2.75) is 13.1 Å². The van der Waals surface area contributed by atoms with Gasteiger partial charge >= 0.3 is 47.0 Å². The van der Waals surface area contributed by atoms with Gasteiger partial charge in [0.05, 0.1) is 0 Å². The molecule has 8 aliphatic heterocycles. The fourth-order valence-corrected chi connectivity index (χ4v) is 28.7. The second-order valence-electron chi connectivity index (χ2n) is 23.8. The molecule has 0 N–H and O–H groups in total. The third-order valence-electron chi connectivity index (χ3n) is 18.3. The normalized spacial score (nSPS) is 16.8. The highest BCUT2D eigenvalue weighted by Gasteiger charge is 2.53. The minimum Gasteiger partial charge on any atom is -0.486 e. The Balaban J connectivity index is 0.847. The fourth-order valence-electron chi connectivity index (χ4n) is 14.0. The summed E-state index contributed by atoms with van der Waals surface area (Å²) in [6.07, 6.45) is 0. The molecule has 93 heavy (non-hydrogen) atoms. The van der Waals surface area contributed by atoms with Crippen LogP contribution in [-0.4, -0.2) is 108 Å². The summed E-state index contributed by atoms with van der Waals surface area (Å²) in [5.41, 5.74) is 12.9. The van der Waals surface area contributed by atoms with Crippen LogP contribution in [0.1, 0.15) is 44.5 Å². The Bertz CT molecular complexity index is 5430. The van der Waals surface area contributed by atoms with Crippen molar-refractivity contribution in [2.24, 2.45) is 59.9 Å². The van der Waals surface area contributed by atoms with Crippen molar-refractivity contribution in [1.82, 2.24) is 14.2 Å². The van der Waals surface area contributed by atoms with E-state index in [0.717, 1.165) is 87.6 Å². The number of aromatic nitrogens is 4. The molecule has 20 rings (SSSR count). The molecule has 4 aromatic heterocycles. The monoisotopic (exact) mass is 1270 g/mol. The van der Waals surface area contributed by atoms with Crippen LogP contribution in [0.5, 0.6) is 0 Å². The molecular formula is C70H44Al2N16O3Si2. The maximum atomic E-state index is 8.25. The van der Waals surface area contributed by atoms with Gasteiger partial charge in [0.25, 0.3) is 0 Å². The highest BCUT2D eigenvalue weighted by molar-refractivity contribution is 6.89. The Morgan fingerprint density at radius 3 is 0.710 bits per heavy atom. The number of nitrogens with zero attached hydrogens (tertiary/aromatic N) is 16. The Labute approximate surface area is 539 Å². The molecule has 2 atom stereocenters. The van der Waals surface area contributed by atoms with E-state index >= 15 is 0 Å². The van der Waals surface area contributed by atoms with E-state index in [4.69, 9.17) is 71.0 Å². The highest BCUT2D eigenvalue weighted by atomic mass is 28.5. The van der Waals surface area contributed by atoms with Gasteiger partial charge in [-0.25, -0.2) is 59.9 Å². The van der Waals surface area contributed by atoms with Gasteiger partial charge in [0, 0.05) is 87.6 Å². The lowest BCUT2D eigenvalue weighted by atomic mass is 10.1. The third kappa shape index (κ3) is 7.61. The summed E-state index contributed by atoms with van der Waals surface area (Å²) in [7, 11) is -7.89. The molecule has 0 fully saturated rings. The summed E-state index contributed by atoms with van der Waals surface area (Å²) in [6, 6.07) is 65.3. The summed E-state index contributed by atoms with van der Waals surface area (Å²) in [4.78, 5) is 66.0. The van der Waals surface area contributed by atoms with Gasteiger partial charge in [-0.1, -0.05) is 206 Å². The molecular weight excluding hydrogens is 1220 g/mol. The number of rotatable bonds is 8. The van der Waals surface area contributed by atoms with E-state index < -0.39 is 47.0 Å². The summed E-state index contributed by atoms with van der Waals surface area (Å²) < 4.78 is 33.2. The van der Waals surface area contributed by atoms with Crippen LogP contribution in [0.3, 0.4) is 0 Å². The molecule has 436 valence electrons. The standard InChI is InChI=1S/2C32H16N8.C6H12O3Si2.2Al/c2*1-2-10-18-17(9-1)25-33-26(18)38-28-21-13-5-6-14-22(21)30(35-28)40-32-24-16-8-7-15-23(24)31(36-32)39-29-20-12-4-3-11-19(20)27(34-29)37-25;1-5-10(3,7)9-11(4,8)6-2;;/h2*1-16H;5-6H,1-2H2,3-4H3;;/q3*-2;2*+3. The molecule has 0 saturated carbocycles. The van der Waals surface area contributed by atoms with Gasteiger partial charge in [-0.05, 0) is 13.1 Å². The number of benzene rings is 8. The van der Waals surface area contributed by atoms with Crippen LogP contribution >= 0.6 is 0 Å². The Morgan fingerprint density at radius 1 is 0.280 bits per heavy atom. The Morgan fingerprint density at radius 2 is 0.484 bits per heavy atom. The maximum Gasteiger partial charge on any atom is 0.800 e. The molecule has 0 saturated heterocycles. The van der Waals surface area contributed by atoms with Crippen LogP contribution in [0.25, 0.3) is 43.1 Å². The van der Waals surface area contributed by atoms with Crippen molar-refractivity contribution in [1.29, 1.82) is 0 Å². The van der Waals surface area contributed by atoms with Crippen molar-refractivity contribution < 1.29 is 11.1 Å². The third-order valence-corrected chi connectivity index (χ3v) is 32.2. The molecule has 2 unspecified atom stereocenters. The summed E-state index contributed by atoms with van der Waals surface area (Å²) >= 11 is -7.13. The molecule has 12 bridgehead atoms. The lowest BCUT2D eigenvalue weighted by molar-refractivity contribution is 0.336. The largest absolute Gasteiger partial charge is 0.800 e. The number of aliphatic imine (C=N–C) groups is 8. The number of amidine groups is 8.